The van der Waals surface area contributed by atoms with Gasteiger partial charge in [0.25, 0.3) is 0 Å². The van der Waals surface area contributed by atoms with Crippen LogP contribution < -0.4 is 58.9 Å². The van der Waals surface area contributed by atoms with Gasteiger partial charge in [-0.05, 0) is 152 Å². The molecular weight excluding hydrogens is 1730 g/mol. The van der Waals surface area contributed by atoms with Gasteiger partial charge >= 0.3 is 22.8 Å². The second-order valence-electron chi connectivity index (χ2n) is 28.3. The van der Waals surface area contributed by atoms with E-state index in [2.05, 4.69) is 0 Å². The van der Waals surface area contributed by atoms with Gasteiger partial charge in [0.2, 0.25) is 33.5 Å². The molecule has 5 N–H and O–H groups in total. The van der Waals surface area contributed by atoms with E-state index in [1.807, 2.05) is 182 Å². The van der Waals surface area contributed by atoms with Crippen molar-refractivity contribution in [1.82, 2.24) is 0 Å². The van der Waals surface area contributed by atoms with Gasteiger partial charge in [-0.3, -0.25) is 28.1 Å². The minimum absolute atomic E-state index is 0. The van der Waals surface area contributed by atoms with Crippen molar-refractivity contribution in [2.24, 2.45) is 0 Å². The van der Waals surface area contributed by atoms with Crippen LogP contribution in [-0.2, 0) is 71.4 Å². The van der Waals surface area contributed by atoms with Crippen LogP contribution in [0.15, 0.2) is 319 Å². The maximum atomic E-state index is 14.1. The Morgan fingerprint density at radius 1 is 0.287 bits per heavy atom. The quantitative estimate of drug-likeness (QED) is 0.0177. The van der Waals surface area contributed by atoms with E-state index in [0.717, 1.165) is 39.4 Å². The van der Waals surface area contributed by atoms with Crippen LogP contribution in [0.5, 0.6) is 69.0 Å². The zero-order valence-electron chi connectivity index (χ0n) is 70.5. The third kappa shape index (κ3) is 26.0. The molecule has 27 nitrogen and oxygen atoms in total. The number of fused-ring (bicyclic) bond motifs is 3. The van der Waals surface area contributed by atoms with Gasteiger partial charge in [0.1, 0.15) is 73.6 Å². The lowest BCUT2D eigenvalue weighted by Crippen LogP contribution is -2.13. The van der Waals surface area contributed by atoms with Crippen molar-refractivity contribution in [3.05, 3.63) is 355 Å². The molecule has 0 saturated carbocycles. The van der Waals surface area contributed by atoms with E-state index in [1.165, 1.54) is 37.3 Å². The van der Waals surface area contributed by atoms with Gasteiger partial charge in [0, 0.05) is 34.9 Å². The average molecular weight is 1830 g/mol. The summed E-state index contributed by atoms with van der Waals surface area (Å²) in [5.41, 5.74) is 5.82. The topological polar surface area (TPSA) is 363 Å². The maximum absolute atomic E-state index is 14.1. The molecule has 2 unspecified atom stereocenters. The molecule has 12 aromatic carbocycles. The summed E-state index contributed by atoms with van der Waals surface area (Å²) < 4.78 is 131. The SMILES string of the molecule is CCOP(=O)(COc1c(-c2ccc(OCc3ccccc3)c(OCc3ccccc3)c2)oc2cc(OCc3ccccc3)ccc2c1=O)OCC.CCOP(=O)(O)COc1c(-c2ccc(O)c(O)c2)oc2cc(O)ccc2c1=O.CCOP(=O)(O)COc1c(-c2ccc(OCc3ccccc3)c(OCc3ccccc3)c2)oc2cc(OCc3ccccc3)ccc2c1=O.S. The molecule has 15 rings (SSSR count). The molecule has 0 aliphatic carbocycles. The van der Waals surface area contributed by atoms with Crippen molar-refractivity contribution < 1.29 is 113 Å². The highest BCUT2D eigenvalue weighted by Gasteiger charge is 2.31. The molecule has 129 heavy (non-hydrogen) atoms. The Bertz CT molecular complexity index is 6600. The van der Waals surface area contributed by atoms with Crippen LogP contribution >= 0.6 is 36.3 Å². The van der Waals surface area contributed by atoms with E-state index < -0.39 is 63.9 Å². The molecule has 668 valence electrons. The van der Waals surface area contributed by atoms with E-state index in [-0.39, 0.29) is 138 Å². The van der Waals surface area contributed by atoms with Crippen LogP contribution in [0.1, 0.15) is 61.1 Å². The number of hydrogen-bond donors (Lipinski definition) is 5. The average Bonchev–Trinajstić information content (AvgIpc) is 0.776. The molecule has 0 aliphatic rings. The number of rotatable bonds is 38. The molecule has 15 aromatic rings. The van der Waals surface area contributed by atoms with Crippen LogP contribution in [0.4, 0.5) is 0 Å². The molecule has 0 aliphatic heterocycles. The van der Waals surface area contributed by atoms with Gasteiger partial charge in [-0.15, -0.1) is 0 Å². The van der Waals surface area contributed by atoms with E-state index in [1.54, 1.807) is 93.6 Å². The Morgan fingerprint density at radius 3 is 0.915 bits per heavy atom. The first-order valence-corrected chi connectivity index (χ1v) is 45.8. The normalized spacial score (nSPS) is 12.0. The number of ether oxygens (including phenoxy) is 9. The lowest BCUT2D eigenvalue weighted by atomic mass is 10.1. The van der Waals surface area contributed by atoms with E-state index in [9.17, 15) is 53.2 Å². The van der Waals surface area contributed by atoms with E-state index >= 15 is 0 Å². The Balaban J connectivity index is 0.000000182. The van der Waals surface area contributed by atoms with Gasteiger partial charge < -0.3 is 99.1 Å². The first-order valence-electron chi connectivity index (χ1n) is 40.6. The van der Waals surface area contributed by atoms with Crippen LogP contribution in [0, 0.1) is 0 Å². The Kier molecular flexibility index (Phi) is 33.4. The lowest BCUT2D eigenvalue weighted by molar-refractivity contribution is 0.196. The lowest BCUT2D eigenvalue weighted by Gasteiger charge is -2.19. The highest BCUT2D eigenvalue weighted by molar-refractivity contribution is 7.59. The molecule has 0 radical (unpaired) electrons. The minimum atomic E-state index is -4.16. The molecule has 0 fully saturated rings. The fourth-order valence-corrected chi connectivity index (χ4v) is 15.7. The number of aromatic hydroxyl groups is 3. The standard InChI is InChI=1S/C41H39O9P.C39H35O9P.C18H17O9P.H2S/c1-3-48-51(43,49-4-2)29-47-41-39(42)35-22-21-34(44-26-30-14-8-5-9-15-30)25-37(35)50-40(41)33-20-23-36(45-27-31-16-10-6-11-17-31)38(24-33)46-28-32-18-12-7-13-19-32;1-2-47-49(41,42)27-46-39-37(40)33-20-19-32(43-24-28-12-6-3-7-13-28)23-35(33)48-38(39)31-18-21-34(44-25-29-14-8-4-9-15-29)36(22-31)45-26-30-16-10-5-11-17-30;1-2-26-28(23,24)9-25-18-16(22)12-5-4-11(19)8-15(12)27-17(18)10-3-6-13(20)14(21)7-10;/h5-25H,3-4,26-29H2,1-2H3;3-23H,2,24-27H2,1H3,(H,41,42);3-8,19-21H,2,9H2,1H3,(H,23,24);1H2. The van der Waals surface area contributed by atoms with Crippen molar-refractivity contribution in [3.63, 3.8) is 0 Å². The Morgan fingerprint density at radius 2 is 0.581 bits per heavy atom. The summed E-state index contributed by atoms with van der Waals surface area (Å²) in [4.78, 5) is 60.9. The molecule has 3 aromatic heterocycles. The molecule has 3 heterocycles. The van der Waals surface area contributed by atoms with Crippen molar-refractivity contribution in [1.29, 1.82) is 0 Å². The predicted octanol–water partition coefficient (Wildman–Crippen LogP) is 21.8. The highest BCUT2D eigenvalue weighted by Crippen LogP contribution is 2.50. The van der Waals surface area contributed by atoms with Crippen molar-refractivity contribution >= 4 is 69.2 Å². The molecule has 2 atom stereocenters. The van der Waals surface area contributed by atoms with Crippen LogP contribution in [0.25, 0.3) is 66.9 Å². The fourth-order valence-electron chi connectivity index (χ4n) is 12.9. The van der Waals surface area contributed by atoms with Gasteiger partial charge in [0.05, 0.1) is 42.6 Å². The molecule has 0 amide bonds. The zero-order valence-corrected chi connectivity index (χ0v) is 74.1. The van der Waals surface area contributed by atoms with Gasteiger partial charge in [-0.25, -0.2) is 0 Å². The van der Waals surface area contributed by atoms with Crippen molar-refractivity contribution in [2.75, 3.05) is 45.5 Å². The summed E-state index contributed by atoms with van der Waals surface area (Å²) in [5, 5.41) is 29.4. The molecular formula is C98H93O27P3S. The Hall–Kier alpha value is -13.3. The van der Waals surface area contributed by atoms with Gasteiger partial charge in [-0.2, -0.15) is 13.5 Å². The molecule has 0 saturated heterocycles. The van der Waals surface area contributed by atoms with Gasteiger partial charge in [0.15, 0.2) is 70.8 Å². The summed E-state index contributed by atoms with van der Waals surface area (Å²) in [6.07, 6.45) is -2.05. The minimum Gasteiger partial charge on any atom is -0.508 e. The smallest absolute Gasteiger partial charge is 0.367 e. The molecule has 0 spiro atoms. The summed E-state index contributed by atoms with van der Waals surface area (Å²) in [6.45, 7) is 8.57. The number of phenols is 3. The maximum Gasteiger partial charge on any atom is 0.367 e. The second kappa shape index (κ2) is 45.4. The monoisotopic (exact) mass is 1830 g/mol. The van der Waals surface area contributed by atoms with Crippen molar-refractivity contribution in [3.8, 4) is 103 Å². The zero-order chi connectivity index (χ0) is 90.0. The fraction of sp³-hybridized carbons (Fsp3) is 0.173. The third-order valence-electron chi connectivity index (χ3n) is 19.0. The predicted molar refractivity (Wildman–Crippen MR) is 494 cm³/mol. The highest BCUT2D eigenvalue weighted by atomic mass is 32.1. The number of hydrogen-bond acceptors (Lipinski definition) is 25. The largest absolute Gasteiger partial charge is 0.508 e. The third-order valence-corrected chi connectivity index (χ3v) is 23.0. The second-order valence-corrected chi connectivity index (χ2v) is 33.9. The van der Waals surface area contributed by atoms with Crippen LogP contribution in [-0.4, -0.2) is 70.6 Å². The first-order chi connectivity index (χ1) is 62.0. The van der Waals surface area contributed by atoms with E-state index in [4.69, 9.17) is 74.0 Å². The summed E-state index contributed by atoms with van der Waals surface area (Å²) >= 11 is 0. The van der Waals surface area contributed by atoms with Gasteiger partial charge in [-0.1, -0.05) is 182 Å². The van der Waals surface area contributed by atoms with Crippen molar-refractivity contribution in [2.45, 2.75) is 67.3 Å². The summed E-state index contributed by atoms with van der Waals surface area (Å²) in [7, 11) is -12.0. The van der Waals surface area contributed by atoms with Crippen LogP contribution in [0.3, 0.4) is 0 Å². The molecule has 0 bridgehead atoms. The number of benzene rings is 12. The van der Waals surface area contributed by atoms with E-state index in [0.29, 0.717) is 72.1 Å². The number of phenolic OH excluding ortho intramolecular Hbond substituents is 3. The summed E-state index contributed by atoms with van der Waals surface area (Å²) in [5.74, 6) is 1.02. The Labute approximate surface area is 748 Å². The summed E-state index contributed by atoms with van der Waals surface area (Å²) in [6, 6.07) is 86.2. The molecule has 31 heteroatoms. The first kappa shape index (κ1) is 94.8. The van der Waals surface area contributed by atoms with Crippen LogP contribution in [0.2, 0.25) is 0 Å².